The van der Waals surface area contributed by atoms with E-state index >= 15 is 0 Å². The van der Waals surface area contributed by atoms with E-state index in [1.165, 1.54) is 0 Å². The highest BCUT2D eigenvalue weighted by Crippen LogP contribution is 1.85. The molecule has 0 saturated carbocycles. The van der Waals surface area contributed by atoms with E-state index in [1.54, 1.807) is 0 Å². The van der Waals surface area contributed by atoms with Crippen LogP contribution in [0.2, 0.25) is 0 Å². The Hall–Kier alpha value is -0.770. The zero-order valence-corrected chi connectivity index (χ0v) is 6.72. The van der Waals surface area contributed by atoms with Crippen LogP contribution in [-0.2, 0) is 0 Å². The molecular weight excluding hydrogens is 132 g/mol. The number of hydrogen-bond donors (Lipinski definition) is 2. The lowest BCUT2D eigenvalue weighted by Crippen LogP contribution is -2.41. The minimum absolute atomic E-state index is 0.513. The van der Waals surface area contributed by atoms with Crippen LogP contribution in [0.15, 0.2) is 0 Å². The second-order valence-electron chi connectivity index (χ2n) is 3.25. The first-order valence-corrected chi connectivity index (χ1v) is 3.19. The quantitative estimate of drug-likeness (QED) is 0.550. The van der Waals surface area contributed by atoms with Gasteiger partial charge in [0.1, 0.15) is 0 Å². The Balaban J connectivity index is 3.29. The fourth-order valence-corrected chi connectivity index (χ4v) is 0.498. The van der Waals surface area contributed by atoms with E-state index in [1.807, 2.05) is 21.1 Å². The van der Waals surface area contributed by atoms with E-state index in [-0.39, 0.29) is 0 Å². The normalized spacial score (nSPS) is 11.1. The molecular formula is C6H15N2O2+. The number of amides is 1. The fourth-order valence-electron chi connectivity index (χ4n) is 0.498. The number of likely N-dealkylation sites (N-methyl/N-ethyl adjacent to an activating group) is 1. The van der Waals surface area contributed by atoms with Crippen molar-refractivity contribution in [2.24, 2.45) is 0 Å². The predicted molar refractivity (Wildman–Crippen MR) is 38.9 cm³/mol. The molecule has 0 spiro atoms. The molecule has 0 aliphatic rings. The van der Waals surface area contributed by atoms with E-state index in [0.29, 0.717) is 6.54 Å². The van der Waals surface area contributed by atoms with Gasteiger partial charge in [-0.05, 0) is 0 Å². The largest absolute Gasteiger partial charge is 0.465 e. The van der Waals surface area contributed by atoms with Crippen LogP contribution in [0, 0.1) is 0 Å². The Bertz CT molecular complexity index is 117. The van der Waals surface area contributed by atoms with Crippen molar-refractivity contribution in [2.45, 2.75) is 0 Å². The Morgan fingerprint density at radius 3 is 2.30 bits per heavy atom. The van der Waals surface area contributed by atoms with Gasteiger partial charge in [-0.15, -0.1) is 0 Å². The number of rotatable bonds is 3. The molecule has 0 aromatic rings. The van der Waals surface area contributed by atoms with Gasteiger partial charge in [-0.25, -0.2) is 4.79 Å². The van der Waals surface area contributed by atoms with Gasteiger partial charge in [0.15, 0.2) is 0 Å². The molecule has 0 radical (unpaired) electrons. The molecule has 10 heavy (non-hydrogen) atoms. The molecule has 4 heteroatoms. The Morgan fingerprint density at radius 1 is 1.50 bits per heavy atom. The molecule has 0 fully saturated rings. The summed E-state index contributed by atoms with van der Waals surface area (Å²) >= 11 is 0. The molecule has 0 aliphatic carbocycles. The van der Waals surface area contributed by atoms with Gasteiger partial charge in [-0.1, -0.05) is 0 Å². The van der Waals surface area contributed by atoms with E-state index < -0.39 is 6.09 Å². The number of quaternary nitrogens is 1. The third-order valence-electron chi connectivity index (χ3n) is 1.06. The van der Waals surface area contributed by atoms with Gasteiger partial charge in [-0.3, -0.25) is 0 Å². The molecule has 0 unspecified atom stereocenters. The first-order valence-electron chi connectivity index (χ1n) is 3.19. The zero-order valence-electron chi connectivity index (χ0n) is 6.72. The second-order valence-corrected chi connectivity index (χ2v) is 3.25. The molecule has 0 atom stereocenters. The van der Waals surface area contributed by atoms with Gasteiger partial charge in [0, 0.05) is 0 Å². The lowest BCUT2D eigenvalue weighted by molar-refractivity contribution is -0.869. The van der Waals surface area contributed by atoms with Crippen molar-refractivity contribution in [3.8, 4) is 0 Å². The summed E-state index contributed by atoms with van der Waals surface area (Å²) in [7, 11) is 6.05. The summed E-state index contributed by atoms with van der Waals surface area (Å²) in [6, 6.07) is 0. The fraction of sp³-hybridized carbons (Fsp3) is 0.833. The van der Waals surface area contributed by atoms with Crippen LogP contribution in [0.4, 0.5) is 4.79 Å². The number of carboxylic acid groups (broad SMARTS) is 1. The summed E-state index contributed by atoms with van der Waals surface area (Å²) in [6.07, 6.45) is -0.951. The van der Waals surface area contributed by atoms with Crippen molar-refractivity contribution >= 4 is 6.09 Å². The van der Waals surface area contributed by atoms with Crippen LogP contribution in [-0.4, -0.2) is 49.9 Å². The summed E-state index contributed by atoms with van der Waals surface area (Å²) in [6.45, 7) is 1.32. The molecule has 0 bridgehead atoms. The van der Waals surface area contributed by atoms with Crippen LogP contribution in [0.3, 0.4) is 0 Å². The minimum atomic E-state index is -0.951. The second kappa shape index (κ2) is 3.41. The number of hydrogen-bond acceptors (Lipinski definition) is 1. The smallest absolute Gasteiger partial charge is 0.404 e. The SMILES string of the molecule is C[N+](C)(C)CCNC(=O)O. The van der Waals surface area contributed by atoms with E-state index in [9.17, 15) is 4.79 Å². The van der Waals surface area contributed by atoms with E-state index in [4.69, 9.17) is 5.11 Å². The highest BCUT2D eigenvalue weighted by atomic mass is 16.4. The average Bonchev–Trinajstić information content (AvgIpc) is 1.59. The Kier molecular flexibility index (Phi) is 3.15. The van der Waals surface area contributed by atoms with Crippen molar-refractivity contribution in [3.05, 3.63) is 0 Å². The van der Waals surface area contributed by atoms with E-state index in [0.717, 1.165) is 11.0 Å². The van der Waals surface area contributed by atoms with Gasteiger partial charge in [0.25, 0.3) is 0 Å². The molecule has 0 saturated heterocycles. The van der Waals surface area contributed by atoms with Crippen molar-refractivity contribution in [1.29, 1.82) is 0 Å². The summed E-state index contributed by atoms with van der Waals surface area (Å²) < 4.78 is 0.778. The van der Waals surface area contributed by atoms with E-state index in [2.05, 4.69) is 5.32 Å². The van der Waals surface area contributed by atoms with Gasteiger partial charge in [0.2, 0.25) is 0 Å². The molecule has 0 rings (SSSR count). The van der Waals surface area contributed by atoms with Crippen LogP contribution in [0.25, 0.3) is 0 Å². The summed E-state index contributed by atoms with van der Waals surface area (Å²) in [5, 5.41) is 10.5. The van der Waals surface area contributed by atoms with Gasteiger partial charge >= 0.3 is 6.09 Å². The predicted octanol–water partition coefficient (Wildman–Crippen LogP) is -0.0398. The summed E-state index contributed by atoms with van der Waals surface area (Å²) in [5.74, 6) is 0. The average molecular weight is 147 g/mol. The van der Waals surface area contributed by atoms with Crippen molar-refractivity contribution in [3.63, 3.8) is 0 Å². The monoisotopic (exact) mass is 147 g/mol. The molecule has 1 amide bonds. The van der Waals surface area contributed by atoms with Crippen molar-refractivity contribution < 1.29 is 14.4 Å². The van der Waals surface area contributed by atoms with Gasteiger partial charge < -0.3 is 14.9 Å². The third kappa shape index (κ3) is 7.23. The molecule has 2 N–H and O–H groups in total. The lowest BCUT2D eigenvalue weighted by atomic mass is 10.5. The molecule has 0 aromatic carbocycles. The van der Waals surface area contributed by atoms with Crippen LogP contribution >= 0.6 is 0 Å². The van der Waals surface area contributed by atoms with Crippen molar-refractivity contribution in [1.82, 2.24) is 5.32 Å². The molecule has 4 nitrogen and oxygen atoms in total. The van der Waals surface area contributed by atoms with Gasteiger partial charge in [-0.2, -0.15) is 0 Å². The number of carbonyl (C=O) groups is 1. The highest BCUT2D eigenvalue weighted by Gasteiger charge is 2.05. The molecule has 0 heterocycles. The maximum atomic E-state index is 9.97. The highest BCUT2D eigenvalue weighted by molar-refractivity contribution is 5.64. The third-order valence-corrected chi connectivity index (χ3v) is 1.06. The van der Waals surface area contributed by atoms with Crippen molar-refractivity contribution in [2.75, 3.05) is 34.2 Å². The Labute approximate surface area is 61.0 Å². The maximum absolute atomic E-state index is 9.97. The summed E-state index contributed by atoms with van der Waals surface area (Å²) in [5.41, 5.74) is 0. The van der Waals surface area contributed by atoms with Crippen LogP contribution < -0.4 is 5.32 Å². The Morgan fingerprint density at radius 2 is 2.00 bits per heavy atom. The topological polar surface area (TPSA) is 49.3 Å². The number of nitrogens with zero attached hydrogens (tertiary/aromatic N) is 1. The molecule has 60 valence electrons. The maximum Gasteiger partial charge on any atom is 0.404 e. The number of nitrogens with one attached hydrogen (secondary N) is 1. The van der Waals surface area contributed by atoms with Crippen LogP contribution in [0.5, 0.6) is 0 Å². The minimum Gasteiger partial charge on any atom is -0.465 e. The zero-order chi connectivity index (χ0) is 8.20. The standard InChI is InChI=1S/C6H14N2O2/c1-8(2,3)5-4-7-6(9)10/h7H,4-5H2,1-3H3/p+1. The first-order chi connectivity index (χ1) is 4.42. The summed E-state index contributed by atoms with van der Waals surface area (Å²) in [4.78, 5) is 9.97. The molecule has 0 aliphatic heterocycles. The van der Waals surface area contributed by atoms with Gasteiger partial charge in [0.05, 0.1) is 34.2 Å². The molecule has 0 aromatic heterocycles. The first kappa shape index (κ1) is 9.23. The van der Waals surface area contributed by atoms with Crippen LogP contribution in [0.1, 0.15) is 0 Å². The lowest BCUT2D eigenvalue weighted by Gasteiger charge is -2.23.